The second-order valence-electron chi connectivity index (χ2n) is 4.81. The van der Waals surface area contributed by atoms with Crippen LogP contribution in [0.1, 0.15) is 39.0 Å². The van der Waals surface area contributed by atoms with Crippen LogP contribution >= 0.6 is 11.8 Å². The molecule has 0 radical (unpaired) electrons. The molecule has 2 rings (SSSR count). The van der Waals surface area contributed by atoms with E-state index in [1.807, 2.05) is 18.0 Å². The van der Waals surface area contributed by atoms with Gasteiger partial charge in [-0.2, -0.15) is 0 Å². The van der Waals surface area contributed by atoms with E-state index in [9.17, 15) is 4.79 Å². The molecule has 2 aliphatic rings. The molecule has 0 aromatic heterocycles. The number of hydrogen-bond acceptors (Lipinski definition) is 3. The Hall–Kier alpha value is -0.310. The van der Waals surface area contributed by atoms with Crippen LogP contribution in [0.15, 0.2) is 4.99 Å². The van der Waals surface area contributed by atoms with Gasteiger partial charge in [0.1, 0.15) is 11.2 Å². The van der Waals surface area contributed by atoms with Crippen LogP contribution in [-0.2, 0) is 4.79 Å². The molecule has 0 spiro atoms. The predicted octanol–water partition coefficient (Wildman–Crippen LogP) is 2.92. The number of hydrogen-bond donors (Lipinski definition) is 0. The van der Waals surface area contributed by atoms with Crippen LogP contribution in [0.5, 0.6) is 0 Å². The molecular formula is C12H19NOS. The average Bonchev–Trinajstić information content (AvgIpc) is 2.68. The van der Waals surface area contributed by atoms with E-state index in [-0.39, 0.29) is 4.87 Å². The van der Waals surface area contributed by atoms with Gasteiger partial charge in [-0.05, 0) is 24.7 Å². The van der Waals surface area contributed by atoms with Crippen molar-refractivity contribution in [1.82, 2.24) is 0 Å². The predicted molar refractivity (Wildman–Crippen MR) is 65.5 cm³/mol. The maximum atomic E-state index is 10.8. The first-order valence-corrected chi connectivity index (χ1v) is 6.86. The van der Waals surface area contributed by atoms with Crippen molar-refractivity contribution < 1.29 is 4.79 Å². The van der Waals surface area contributed by atoms with Crippen LogP contribution in [0.25, 0.3) is 0 Å². The maximum Gasteiger partial charge on any atom is 0.123 e. The van der Waals surface area contributed by atoms with Gasteiger partial charge in [0.05, 0.1) is 0 Å². The monoisotopic (exact) mass is 225 g/mol. The average molecular weight is 225 g/mol. The zero-order valence-corrected chi connectivity index (χ0v) is 10.1. The van der Waals surface area contributed by atoms with Gasteiger partial charge in [-0.15, -0.1) is 11.8 Å². The fraction of sp³-hybridized carbons (Fsp3) is 0.833. The van der Waals surface area contributed by atoms with Crippen LogP contribution in [0.2, 0.25) is 0 Å². The van der Waals surface area contributed by atoms with Crippen molar-refractivity contribution in [1.29, 1.82) is 0 Å². The lowest BCUT2D eigenvalue weighted by Crippen LogP contribution is -2.34. The fourth-order valence-corrected chi connectivity index (χ4v) is 4.10. The third-order valence-electron chi connectivity index (χ3n) is 3.67. The smallest absolute Gasteiger partial charge is 0.123 e. The van der Waals surface area contributed by atoms with Gasteiger partial charge in [-0.25, -0.2) is 0 Å². The molecule has 1 saturated carbocycles. The van der Waals surface area contributed by atoms with Crippen molar-refractivity contribution in [3.63, 3.8) is 0 Å². The molecule has 1 aliphatic heterocycles. The number of carbonyl (C=O) groups is 1. The molecule has 0 aromatic carbocycles. The van der Waals surface area contributed by atoms with E-state index in [2.05, 4.69) is 11.9 Å². The SMILES string of the molecule is CC1CCCC(C2(CC=O)N=CCS2)C1. The van der Waals surface area contributed by atoms with Crippen LogP contribution in [0.4, 0.5) is 0 Å². The van der Waals surface area contributed by atoms with Gasteiger partial charge < -0.3 is 4.79 Å². The minimum Gasteiger partial charge on any atom is -0.303 e. The number of rotatable bonds is 3. The molecule has 1 aliphatic carbocycles. The highest BCUT2D eigenvalue weighted by Gasteiger charge is 2.41. The normalized spacial score (nSPS) is 40.6. The highest BCUT2D eigenvalue weighted by molar-refractivity contribution is 8.01. The number of thioether (sulfide) groups is 1. The van der Waals surface area contributed by atoms with Gasteiger partial charge in [0.15, 0.2) is 0 Å². The first-order valence-electron chi connectivity index (χ1n) is 5.88. The molecular weight excluding hydrogens is 206 g/mol. The highest BCUT2D eigenvalue weighted by Crippen LogP contribution is 2.47. The fourth-order valence-electron chi connectivity index (χ4n) is 2.88. The molecule has 0 N–H and O–H groups in total. The van der Waals surface area contributed by atoms with Crippen molar-refractivity contribution in [2.24, 2.45) is 16.8 Å². The van der Waals surface area contributed by atoms with Gasteiger partial charge in [-0.1, -0.05) is 19.8 Å². The topological polar surface area (TPSA) is 29.4 Å². The molecule has 3 unspecified atom stereocenters. The Morgan fingerprint density at radius 2 is 2.47 bits per heavy atom. The zero-order chi connectivity index (χ0) is 10.7. The van der Waals surface area contributed by atoms with Gasteiger partial charge in [-0.3, -0.25) is 4.99 Å². The van der Waals surface area contributed by atoms with Crippen LogP contribution in [-0.4, -0.2) is 23.1 Å². The first-order chi connectivity index (χ1) is 7.27. The lowest BCUT2D eigenvalue weighted by atomic mass is 9.77. The summed E-state index contributed by atoms with van der Waals surface area (Å²) in [5.41, 5.74) is 0. The third kappa shape index (κ3) is 2.27. The third-order valence-corrected chi connectivity index (χ3v) is 5.09. The molecule has 84 valence electrons. The second-order valence-corrected chi connectivity index (χ2v) is 6.14. The number of aldehydes is 1. The van der Waals surface area contributed by atoms with E-state index in [1.54, 1.807) is 0 Å². The lowest BCUT2D eigenvalue weighted by Gasteiger charge is -2.37. The summed E-state index contributed by atoms with van der Waals surface area (Å²) in [4.78, 5) is 15.3. The van der Waals surface area contributed by atoms with E-state index >= 15 is 0 Å². The maximum absolute atomic E-state index is 10.8. The van der Waals surface area contributed by atoms with Gasteiger partial charge in [0.2, 0.25) is 0 Å². The van der Waals surface area contributed by atoms with E-state index in [0.717, 1.165) is 18.0 Å². The molecule has 0 amide bonds. The van der Waals surface area contributed by atoms with Gasteiger partial charge in [0.25, 0.3) is 0 Å². The standard InChI is InChI=1S/C12H19NOS/c1-10-3-2-4-11(9-10)12(5-7-14)13-6-8-15-12/h6-7,10-11H,2-5,8-9H2,1H3. The number of aliphatic imine (C=N–C) groups is 1. The Morgan fingerprint density at radius 1 is 1.60 bits per heavy atom. The van der Waals surface area contributed by atoms with E-state index in [4.69, 9.17) is 0 Å². The molecule has 2 nitrogen and oxygen atoms in total. The molecule has 0 saturated heterocycles. The van der Waals surface area contributed by atoms with Gasteiger partial charge >= 0.3 is 0 Å². The molecule has 1 heterocycles. The summed E-state index contributed by atoms with van der Waals surface area (Å²) >= 11 is 1.87. The number of carbonyl (C=O) groups excluding carboxylic acids is 1. The molecule has 1 fully saturated rings. The zero-order valence-electron chi connectivity index (χ0n) is 9.32. The molecule has 3 atom stereocenters. The van der Waals surface area contributed by atoms with Crippen LogP contribution in [0, 0.1) is 11.8 Å². The Bertz CT molecular complexity index is 266. The van der Waals surface area contributed by atoms with Crippen molar-refractivity contribution in [3.8, 4) is 0 Å². The first kappa shape index (κ1) is 11.2. The van der Waals surface area contributed by atoms with E-state index in [0.29, 0.717) is 12.3 Å². The van der Waals surface area contributed by atoms with Crippen molar-refractivity contribution in [2.75, 3.05) is 5.75 Å². The molecule has 3 heteroatoms. The molecule has 0 aromatic rings. The minimum atomic E-state index is -0.0869. The van der Waals surface area contributed by atoms with Crippen molar-refractivity contribution in [3.05, 3.63) is 0 Å². The largest absolute Gasteiger partial charge is 0.303 e. The summed E-state index contributed by atoms with van der Waals surface area (Å²) in [5.74, 6) is 2.41. The Kier molecular flexibility index (Phi) is 3.49. The van der Waals surface area contributed by atoms with Crippen molar-refractivity contribution in [2.45, 2.75) is 43.9 Å². The second kappa shape index (κ2) is 4.69. The van der Waals surface area contributed by atoms with E-state index in [1.165, 1.54) is 25.7 Å². The van der Waals surface area contributed by atoms with Gasteiger partial charge in [0, 0.05) is 18.4 Å². The van der Waals surface area contributed by atoms with Crippen LogP contribution < -0.4 is 0 Å². The minimum absolute atomic E-state index is 0.0869. The summed E-state index contributed by atoms with van der Waals surface area (Å²) in [6.07, 6.45) is 8.80. The Labute approximate surface area is 95.9 Å². The molecule has 0 bridgehead atoms. The quantitative estimate of drug-likeness (QED) is 0.691. The summed E-state index contributed by atoms with van der Waals surface area (Å²) < 4.78 is 0. The van der Waals surface area contributed by atoms with Crippen molar-refractivity contribution >= 4 is 24.3 Å². The molecule has 15 heavy (non-hydrogen) atoms. The summed E-state index contributed by atoms with van der Waals surface area (Å²) in [5, 5.41) is 0. The highest BCUT2D eigenvalue weighted by atomic mass is 32.2. The summed E-state index contributed by atoms with van der Waals surface area (Å²) in [7, 11) is 0. The Balaban J connectivity index is 2.10. The van der Waals surface area contributed by atoms with Crippen LogP contribution in [0.3, 0.4) is 0 Å². The Morgan fingerprint density at radius 3 is 3.07 bits per heavy atom. The summed E-state index contributed by atoms with van der Waals surface area (Å²) in [6.45, 7) is 2.32. The summed E-state index contributed by atoms with van der Waals surface area (Å²) in [6, 6.07) is 0. The number of nitrogens with zero attached hydrogens (tertiary/aromatic N) is 1. The van der Waals surface area contributed by atoms with E-state index < -0.39 is 0 Å². The lowest BCUT2D eigenvalue weighted by molar-refractivity contribution is -0.108.